The standard InChI is InChI=1S/C28H25Cl2N3O3S/c29-23-11-10-22(16-24(23)30)25-18-37-28(32-25)33(15-13-19-4-2-1-3-5-19)17-20-6-8-21(9-7-20)27(36)31-14-12-26(34)35/h1-11,16,18H,12-15,17H2,(H,31,36)(H,34,35). The number of amides is 1. The summed E-state index contributed by atoms with van der Waals surface area (Å²) in [6.45, 7) is 1.46. The summed E-state index contributed by atoms with van der Waals surface area (Å²) < 4.78 is 0. The Balaban J connectivity index is 1.50. The van der Waals surface area contributed by atoms with Crippen molar-refractivity contribution in [3.05, 3.63) is 105 Å². The number of anilines is 1. The van der Waals surface area contributed by atoms with Gasteiger partial charge in [0.1, 0.15) is 0 Å². The monoisotopic (exact) mass is 553 g/mol. The van der Waals surface area contributed by atoms with Crippen LogP contribution in [0.1, 0.15) is 27.9 Å². The maximum atomic E-state index is 12.3. The first kappa shape index (κ1) is 26.7. The maximum absolute atomic E-state index is 12.3. The zero-order chi connectivity index (χ0) is 26.2. The lowest BCUT2D eigenvalue weighted by Gasteiger charge is -2.22. The van der Waals surface area contributed by atoms with Gasteiger partial charge >= 0.3 is 5.97 Å². The normalized spacial score (nSPS) is 10.8. The second-order valence-corrected chi connectivity index (χ2v) is 10.0. The van der Waals surface area contributed by atoms with Crippen LogP contribution < -0.4 is 10.2 Å². The van der Waals surface area contributed by atoms with Crippen molar-refractivity contribution < 1.29 is 14.7 Å². The molecule has 0 saturated carbocycles. The van der Waals surface area contributed by atoms with Crippen molar-refractivity contribution in [3.63, 3.8) is 0 Å². The van der Waals surface area contributed by atoms with E-state index in [9.17, 15) is 9.59 Å². The van der Waals surface area contributed by atoms with Crippen LogP contribution in [0, 0.1) is 0 Å². The van der Waals surface area contributed by atoms with Crippen molar-refractivity contribution in [3.8, 4) is 11.3 Å². The molecule has 0 aliphatic heterocycles. The van der Waals surface area contributed by atoms with Crippen LogP contribution in [0.25, 0.3) is 11.3 Å². The molecular formula is C28H25Cl2N3O3S. The average molecular weight is 554 g/mol. The number of carboxylic acids is 1. The minimum absolute atomic E-state index is 0.0917. The zero-order valence-electron chi connectivity index (χ0n) is 19.9. The number of benzene rings is 3. The third-order valence-corrected chi connectivity index (χ3v) is 7.35. The molecule has 1 heterocycles. The summed E-state index contributed by atoms with van der Waals surface area (Å²) in [5.74, 6) is -1.24. The number of aromatic nitrogens is 1. The SMILES string of the molecule is O=C(O)CCNC(=O)c1ccc(CN(CCc2ccccc2)c2nc(-c3ccc(Cl)c(Cl)c3)cs2)cc1. The molecule has 0 saturated heterocycles. The van der Waals surface area contributed by atoms with Gasteiger partial charge in [-0.3, -0.25) is 9.59 Å². The highest BCUT2D eigenvalue weighted by molar-refractivity contribution is 7.14. The van der Waals surface area contributed by atoms with Crippen LogP contribution in [0.3, 0.4) is 0 Å². The fourth-order valence-electron chi connectivity index (χ4n) is 3.72. The molecule has 9 heteroatoms. The van der Waals surface area contributed by atoms with Gasteiger partial charge < -0.3 is 15.3 Å². The minimum Gasteiger partial charge on any atom is -0.481 e. The Morgan fingerprint density at radius 3 is 2.41 bits per heavy atom. The van der Waals surface area contributed by atoms with Crippen molar-refractivity contribution in [1.82, 2.24) is 10.3 Å². The molecule has 37 heavy (non-hydrogen) atoms. The first-order valence-electron chi connectivity index (χ1n) is 11.7. The Hall–Kier alpha value is -3.39. The second kappa shape index (κ2) is 12.7. The fraction of sp³-hybridized carbons (Fsp3) is 0.179. The minimum atomic E-state index is -0.948. The summed E-state index contributed by atoms with van der Waals surface area (Å²) in [6.07, 6.45) is 0.741. The van der Waals surface area contributed by atoms with E-state index in [2.05, 4.69) is 22.3 Å². The molecule has 0 radical (unpaired) electrons. The van der Waals surface area contributed by atoms with Crippen molar-refractivity contribution in [2.24, 2.45) is 0 Å². The molecule has 1 amide bonds. The molecule has 3 aromatic carbocycles. The average Bonchev–Trinajstić information content (AvgIpc) is 3.39. The van der Waals surface area contributed by atoms with E-state index < -0.39 is 5.97 Å². The highest BCUT2D eigenvalue weighted by Crippen LogP contribution is 2.32. The Labute approximate surface area is 229 Å². The van der Waals surface area contributed by atoms with Crippen molar-refractivity contribution in [2.75, 3.05) is 18.0 Å². The van der Waals surface area contributed by atoms with Crippen LogP contribution >= 0.6 is 34.5 Å². The number of rotatable bonds is 11. The largest absolute Gasteiger partial charge is 0.481 e. The number of carbonyl (C=O) groups excluding carboxylic acids is 1. The zero-order valence-corrected chi connectivity index (χ0v) is 22.2. The second-order valence-electron chi connectivity index (χ2n) is 8.40. The van der Waals surface area contributed by atoms with Crippen LogP contribution in [0.15, 0.2) is 78.2 Å². The molecule has 0 aliphatic rings. The lowest BCUT2D eigenvalue weighted by molar-refractivity contribution is -0.136. The van der Waals surface area contributed by atoms with Crippen molar-refractivity contribution in [2.45, 2.75) is 19.4 Å². The predicted molar refractivity (Wildman–Crippen MR) is 150 cm³/mol. The summed E-state index contributed by atoms with van der Waals surface area (Å²) in [4.78, 5) is 30.1. The molecule has 2 N–H and O–H groups in total. The number of carboxylic acid groups (broad SMARTS) is 1. The van der Waals surface area contributed by atoms with E-state index in [0.29, 0.717) is 22.2 Å². The van der Waals surface area contributed by atoms with E-state index in [1.165, 1.54) is 5.56 Å². The third-order valence-electron chi connectivity index (χ3n) is 5.71. The molecule has 0 atom stereocenters. The van der Waals surface area contributed by atoms with Crippen LogP contribution in [-0.4, -0.2) is 35.1 Å². The lowest BCUT2D eigenvalue weighted by Crippen LogP contribution is -2.26. The lowest BCUT2D eigenvalue weighted by atomic mass is 10.1. The van der Waals surface area contributed by atoms with Crippen molar-refractivity contribution in [1.29, 1.82) is 0 Å². The van der Waals surface area contributed by atoms with E-state index in [4.69, 9.17) is 33.3 Å². The van der Waals surface area contributed by atoms with Gasteiger partial charge in [0.05, 0.1) is 22.2 Å². The highest BCUT2D eigenvalue weighted by atomic mass is 35.5. The molecule has 0 unspecified atom stereocenters. The Bertz CT molecular complexity index is 1360. The van der Waals surface area contributed by atoms with Crippen LogP contribution in [0.5, 0.6) is 0 Å². The Kier molecular flexibility index (Phi) is 9.17. The van der Waals surface area contributed by atoms with Crippen LogP contribution in [0.2, 0.25) is 10.0 Å². The first-order chi connectivity index (χ1) is 17.9. The molecule has 0 spiro atoms. The van der Waals surface area contributed by atoms with Gasteiger partial charge in [0.2, 0.25) is 0 Å². The maximum Gasteiger partial charge on any atom is 0.305 e. The van der Waals surface area contributed by atoms with Gasteiger partial charge in [-0.15, -0.1) is 11.3 Å². The summed E-state index contributed by atoms with van der Waals surface area (Å²) in [5.41, 5.74) is 4.49. The van der Waals surface area contributed by atoms with Gasteiger partial charge in [0.15, 0.2) is 5.13 Å². The van der Waals surface area contributed by atoms with Gasteiger partial charge in [-0.05, 0) is 41.8 Å². The van der Waals surface area contributed by atoms with E-state index in [1.54, 1.807) is 29.5 Å². The number of carbonyl (C=O) groups is 2. The summed E-state index contributed by atoms with van der Waals surface area (Å²) in [7, 11) is 0. The molecule has 4 rings (SSSR count). The number of hydrogen-bond acceptors (Lipinski definition) is 5. The Morgan fingerprint density at radius 1 is 0.946 bits per heavy atom. The van der Waals surface area contributed by atoms with E-state index >= 15 is 0 Å². The van der Waals surface area contributed by atoms with Gasteiger partial charge in [-0.25, -0.2) is 4.98 Å². The van der Waals surface area contributed by atoms with E-state index in [0.717, 1.165) is 34.9 Å². The van der Waals surface area contributed by atoms with Crippen LogP contribution in [-0.2, 0) is 17.8 Å². The quantitative estimate of drug-likeness (QED) is 0.219. The molecule has 190 valence electrons. The van der Waals surface area contributed by atoms with E-state index in [1.807, 2.05) is 47.8 Å². The molecule has 6 nitrogen and oxygen atoms in total. The smallest absolute Gasteiger partial charge is 0.305 e. The first-order valence-corrected chi connectivity index (χ1v) is 13.3. The molecule has 1 aromatic heterocycles. The number of thiazole rings is 1. The van der Waals surface area contributed by atoms with Crippen molar-refractivity contribution >= 4 is 51.5 Å². The number of halogens is 2. The number of hydrogen-bond donors (Lipinski definition) is 2. The molecular weight excluding hydrogens is 529 g/mol. The number of nitrogens with one attached hydrogen (secondary N) is 1. The third kappa shape index (κ3) is 7.55. The van der Waals surface area contributed by atoms with Crippen LogP contribution in [0.4, 0.5) is 5.13 Å². The summed E-state index contributed by atoms with van der Waals surface area (Å²) >= 11 is 13.9. The highest BCUT2D eigenvalue weighted by Gasteiger charge is 2.15. The predicted octanol–water partition coefficient (Wildman–Crippen LogP) is 6.57. The van der Waals surface area contributed by atoms with E-state index in [-0.39, 0.29) is 18.9 Å². The van der Waals surface area contributed by atoms with Gasteiger partial charge in [0.25, 0.3) is 5.91 Å². The van der Waals surface area contributed by atoms with Gasteiger partial charge in [0, 0.05) is 36.1 Å². The summed E-state index contributed by atoms with van der Waals surface area (Å²) in [6, 6.07) is 23.1. The Morgan fingerprint density at radius 2 is 1.70 bits per heavy atom. The fourth-order valence-corrected chi connectivity index (χ4v) is 4.88. The molecule has 0 bridgehead atoms. The molecule has 0 fully saturated rings. The summed E-state index contributed by atoms with van der Waals surface area (Å²) in [5, 5.41) is 15.3. The molecule has 4 aromatic rings. The van der Waals surface area contributed by atoms with Gasteiger partial charge in [-0.1, -0.05) is 71.7 Å². The van der Waals surface area contributed by atoms with Gasteiger partial charge in [-0.2, -0.15) is 0 Å². The number of nitrogens with zero attached hydrogens (tertiary/aromatic N) is 2. The number of aliphatic carboxylic acids is 1. The topological polar surface area (TPSA) is 82.5 Å². The molecule has 0 aliphatic carbocycles.